The summed E-state index contributed by atoms with van der Waals surface area (Å²) < 4.78 is 1.41. The van der Waals surface area contributed by atoms with Gasteiger partial charge in [0.25, 0.3) is 0 Å². The smallest absolute Gasteiger partial charge is 0.0786 e. The van der Waals surface area contributed by atoms with Crippen LogP contribution < -0.4 is 0 Å². The van der Waals surface area contributed by atoms with Gasteiger partial charge in [-0.3, -0.25) is 0 Å². The molecule has 0 heterocycles. The number of hydrogen-bond donors (Lipinski definition) is 0. The summed E-state index contributed by atoms with van der Waals surface area (Å²) in [5.41, 5.74) is 0. The number of unbranched alkanes of at least 4 members (excludes halogenated alkanes) is 3. The van der Waals surface area contributed by atoms with Crippen molar-refractivity contribution in [3.63, 3.8) is 0 Å². The molecule has 1 heteroatoms. The minimum absolute atomic E-state index is 1.34. The largest absolute Gasteiger partial charge is 0.324 e. The summed E-state index contributed by atoms with van der Waals surface area (Å²) in [7, 11) is 0. The summed E-state index contributed by atoms with van der Waals surface area (Å²) in [5, 5.41) is 0. The molecule has 0 aliphatic carbocycles. The van der Waals surface area contributed by atoms with Gasteiger partial charge in [0.05, 0.1) is 26.2 Å². The van der Waals surface area contributed by atoms with Crippen molar-refractivity contribution < 1.29 is 4.48 Å². The maximum absolute atomic E-state index is 2.34. The van der Waals surface area contributed by atoms with E-state index in [2.05, 4.69) is 27.7 Å². The topological polar surface area (TPSA) is 0 Å². The average Bonchev–Trinajstić information content (AvgIpc) is 2.53. The second-order valence-corrected chi connectivity index (χ2v) is 5.30. The number of nitrogens with zero attached hydrogens (tertiary/aromatic N) is 1. The Bertz CT molecular complexity index is 121. The van der Waals surface area contributed by atoms with E-state index in [0.29, 0.717) is 0 Å². The average molecular weight is 289 g/mol. The molecule has 0 saturated heterocycles. The van der Waals surface area contributed by atoms with Crippen LogP contribution in [-0.2, 0) is 0 Å². The van der Waals surface area contributed by atoms with Gasteiger partial charge in [0.15, 0.2) is 0 Å². The predicted molar refractivity (Wildman–Crippen MR) is 97.4 cm³/mol. The molecule has 0 aromatic rings. The summed E-state index contributed by atoms with van der Waals surface area (Å²) in [6.45, 7) is 23.0. The maximum atomic E-state index is 2.34. The Morgan fingerprint density at radius 2 is 0.750 bits per heavy atom. The van der Waals surface area contributed by atoms with Crippen LogP contribution in [-0.4, -0.2) is 30.7 Å². The molecule has 0 fully saturated rings. The van der Waals surface area contributed by atoms with Crippen LogP contribution >= 0.6 is 0 Å². The quantitative estimate of drug-likeness (QED) is 0.373. The fourth-order valence-corrected chi connectivity index (χ4v) is 2.63. The first kappa shape index (κ1) is 24.9. The van der Waals surface area contributed by atoms with Crippen LogP contribution in [0.5, 0.6) is 0 Å². The molecule has 1 nitrogen and oxygen atoms in total. The van der Waals surface area contributed by atoms with Crippen molar-refractivity contribution in [3.05, 3.63) is 0 Å². The van der Waals surface area contributed by atoms with Gasteiger partial charge in [0, 0.05) is 0 Å². The van der Waals surface area contributed by atoms with Crippen molar-refractivity contribution in [2.75, 3.05) is 26.2 Å². The van der Waals surface area contributed by atoms with Crippen LogP contribution in [0.4, 0.5) is 0 Å². The van der Waals surface area contributed by atoms with E-state index in [1.165, 1.54) is 75.6 Å². The number of rotatable bonds is 11. The van der Waals surface area contributed by atoms with Crippen LogP contribution in [0.2, 0.25) is 0 Å². The van der Waals surface area contributed by atoms with Gasteiger partial charge in [-0.05, 0) is 25.7 Å². The van der Waals surface area contributed by atoms with Gasteiger partial charge < -0.3 is 4.48 Å². The van der Waals surface area contributed by atoms with Gasteiger partial charge in [-0.2, -0.15) is 0 Å². The Labute approximate surface area is 131 Å². The van der Waals surface area contributed by atoms with E-state index in [0.717, 1.165) is 0 Å². The Kier molecular flexibility index (Phi) is 26.5. The van der Waals surface area contributed by atoms with E-state index in [4.69, 9.17) is 0 Å². The third kappa shape index (κ3) is 14.4. The Hall–Kier alpha value is -0.0400. The third-order valence-corrected chi connectivity index (χ3v) is 3.66. The van der Waals surface area contributed by atoms with Gasteiger partial charge in [-0.15, -0.1) is 0 Å². The summed E-state index contributed by atoms with van der Waals surface area (Å²) in [6.07, 6.45) is 9.62. The second kappa shape index (κ2) is 21.3. The minimum atomic E-state index is 1.34. The molecule has 0 aliphatic heterocycles. The van der Waals surface area contributed by atoms with Crippen molar-refractivity contribution in [2.24, 2.45) is 0 Å². The van der Waals surface area contributed by atoms with E-state index >= 15 is 0 Å². The molecule has 0 rings (SSSR count). The van der Waals surface area contributed by atoms with E-state index in [-0.39, 0.29) is 0 Å². The second-order valence-electron chi connectivity index (χ2n) is 5.30. The molecule has 0 aliphatic rings. The van der Waals surface area contributed by atoms with E-state index in [1.54, 1.807) is 0 Å². The van der Waals surface area contributed by atoms with Crippen molar-refractivity contribution in [2.45, 2.75) is 100 Å². The van der Waals surface area contributed by atoms with E-state index < -0.39 is 0 Å². The lowest BCUT2D eigenvalue weighted by Gasteiger charge is -2.39. The van der Waals surface area contributed by atoms with Gasteiger partial charge in [0.2, 0.25) is 0 Å². The van der Waals surface area contributed by atoms with Gasteiger partial charge >= 0.3 is 0 Å². The summed E-state index contributed by atoms with van der Waals surface area (Å²) >= 11 is 0. The maximum Gasteiger partial charge on any atom is 0.0786 e. The molecular formula is C19H46N+. The summed E-state index contributed by atoms with van der Waals surface area (Å²) in [6, 6.07) is 0. The molecule has 0 bridgehead atoms. The molecular weight excluding hydrogens is 242 g/mol. The minimum Gasteiger partial charge on any atom is -0.324 e. The fourth-order valence-electron chi connectivity index (χ4n) is 2.63. The lowest BCUT2D eigenvalue weighted by atomic mass is 10.1. The van der Waals surface area contributed by atoms with Crippen LogP contribution in [0.1, 0.15) is 100 Å². The molecule has 0 unspecified atom stereocenters. The first-order valence-electron chi connectivity index (χ1n) is 9.59. The normalized spacial score (nSPS) is 10.2. The van der Waals surface area contributed by atoms with Crippen molar-refractivity contribution in [1.29, 1.82) is 0 Å². The van der Waals surface area contributed by atoms with Crippen LogP contribution in [0.25, 0.3) is 0 Å². The monoisotopic (exact) mass is 288 g/mol. The highest BCUT2D eigenvalue weighted by Gasteiger charge is 2.24. The molecule has 0 radical (unpaired) electrons. The highest BCUT2D eigenvalue weighted by atomic mass is 15.3. The lowest BCUT2D eigenvalue weighted by Crippen LogP contribution is -2.50. The Morgan fingerprint density at radius 3 is 0.950 bits per heavy atom. The first-order chi connectivity index (χ1) is 9.74. The molecule has 0 aromatic heterocycles. The van der Waals surface area contributed by atoms with Crippen molar-refractivity contribution >= 4 is 0 Å². The SMILES string of the molecule is CC.CC.CCCC[N+](CCC)(CCCC)CCCC. The molecule has 20 heavy (non-hydrogen) atoms. The van der Waals surface area contributed by atoms with Gasteiger partial charge in [-0.25, -0.2) is 0 Å². The zero-order valence-electron chi connectivity index (χ0n) is 16.2. The predicted octanol–water partition coefficient (Wildman–Crippen LogP) is 6.67. The number of quaternary nitrogens is 1. The van der Waals surface area contributed by atoms with E-state index in [1.807, 2.05) is 27.7 Å². The molecule has 0 amide bonds. The summed E-state index contributed by atoms with van der Waals surface area (Å²) in [4.78, 5) is 0. The Morgan fingerprint density at radius 1 is 0.450 bits per heavy atom. The molecule has 0 aromatic carbocycles. The standard InChI is InChI=1S/C15H34N.2C2H6/c1-5-9-13-16(12-8-4,14-10-6-2)15-11-7-3;2*1-2/h5-15H2,1-4H3;2*1-2H3/q+1;;. The molecule has 0 saturated carbocycles. The molecule has 0 spiro atoms. The van der Waals surface area contributed by atoms with E-state index in [9.17, 15) is 0 Å². The van der Waals surface area contributed by atoms with Crippen LogP contribution in [0.3, 0.4) is 0 Å². The third-order valence-electron chi connectivity index (χ3n) is 3.66. The van der Waals surface area contributed by atoms with Gasteiger partial charge in [-0.1, -0.05) is 74.7 Å². The van der Waals surface area contributed by atoms with Crippen LogP contribution in [0, 0.1) is 0 Å². The zero-order valence-corrected chi connectivity index (χ0v) is 16.2. The van der Waals surface area contributed by atoms with Crippen molar-refractivity contribution in [1.82, 2.24) is 0 Å². The summed E-state index contributed by atoms with van der Waals surface area (Å²) in [5.74, 6) is 0. The zero-order chi connectivity index (χ0) is 16.3. The highest BCUT2D eigenvalue weighted by molar-refractivity contribution is 4.48. The highest BCUT2D eigenvalue weighted by Crippen LogP contribution is 2.15. The lowest BCUT2D eigenvalue weighted by molar-refractivity contribution is -0.928. The molecule has 0 N–H and O–H groups in total. The molecule has 0 atom stereocenters. The number of hydrogen-bond acceptors (Lipinski definition) is 0. The van der Waals surface area contributed by atoms with Gasteiger partial charge in [0.1, 0.15) is 0 Å². The van der Waals surface area contributed by atoms with Crippen LogP contribution in [0.15, 0.2) is 0 Å². The Balaban J connectivity index is -0.000000656. The fraction of sp³-hybridized carbons (Fsp3) is 1.00. The first-order valence-corrected chi connectivity index (χ1v) is 9.59. The molecule has 126 valence electrons. The van der Waals surface area contributed by atoms with Crippen molar-refractivity contribution in [3.8, 4) is 0 Å².